The van der Waals surface area contributed by atoms with E-state index in [2.05, 4.69) is 0 Å². The Balaban J connectivity index is 2.04. The number of methoxy groups -OCH3 is 2. The predicted octanol–water partition coefficient (Wildman–Crippen LogP) is 2.88. The van der Waals surface area contributed by atoms with E-state index in [1.165, 1.54) is 20.3 Å². The molecule has 12 nitrogen and oxygen atoms in total. The molecule has 258 valence electrons. The summed E-state index contributed by atoms with van der Waals surface area (Å²) in [4.78, 5) is 61.1. The lowest BCUT2D eigenvalue weighted by molar-refractivity contribution is -0.284. The Morgan fingerprint density at radius 1 is 0.674 bits per heavy atom. The van der Waals surface area contributed by atoms with Gasteiger partial charge in [-0.15, -0.1) is 0 Å². The summed E-state index contributed by atoms with van der Waals surface area (Å²) in [6.45, 7) is 16.0. The number of carbonyl (C=O) groups is 4. The highest BCUT2D eigenvalue weighted by Gasteiger charge is 2.50. The predicted molar refractivity (Wildman–Crippen MR) is 164 cm³/mol. The highest BCUT2D eigenvalue weighted by molar-refractivity contribution is 5.97. The standard InChI is InChI=1S/C34H52N2O10/c1-31(2)17-21(18-32(3,4)35(31)45-15-13-25(37)43-9)23-11-12-24(29(39)40)27(28(23)30(41)42)22-19-33(5,6)36(34(7,8)20-22)46-16-14-26(38)44-10/h11-12,21-22H,13-20H2,1-10H3,(H,39,40)(H,41,42)/p-2. The Morgan fingerprint density at radius 3 is 1.41 bits per heavy atom. The molecule has 0 aromatic heterocycles. The maximum Gasteiger partial charge on any atom is 0.307 e. The Hall–Kier alpha value is -3.06. The zero-order valence-corrected chi connectivity index (χ0v) is 28.9. The van der Waals surface area contributed by atoms with E-state index in [0.717, 1.165) is 0 Å². The Labute approximate surface area is 272 Å². The fourth-order valence-electron chi connectivity index (χ4n) is 8.10. The number of carbonyl (C=O) groups excluding carboxylic acids is 4. The molecular weight excluding hydrogens is 596 g/mol. The zero-order chi connectivity index (χ0) is 34.8. The van der Waals surface area contributed by atoms with Crippen molar-refractivity contribution in [2.45, 2.75) is 128 Å². The maximum atomic E-state index is 13.1. The van der Waals surface area contributed by atoms with E-state index in [9.17, 15) is 29.4 Å². The number of rotatable bonds is 12. The summed E-state index contributed by atoms with van der Waals surface area (Å²) < 4.78 is 9.46. The van der Waals surface area contributed by atoms with Crippen LogP contribution in [-0.2, 0) is 28.7 Å². The van der Waals surface area contributed by atoms with Gasteiger partial charge < -0.3 is 29.3 Å². The van der Waals surface area contributed by atoms with Gasteiger partial charge in [-0.1, -0.05) is 12.1 Å². The van der Waals surface area contributed by atoms with Gasteiger partial charge in [0.2, 0.25) is 0 Å². The van der Waals surface area contributed by atoms with E-state index < -0.39 is 46.0 Å². The number of hydrogen-bond acceptors (Lipinski definition) is 12. The average molecular weight is 647 g/mol. The first-order chi connectivity index (χ1) is 21.2. The minimum Gasteiger partial charge on any atom is -0.545 e. The lowest BCUT2D eigenvalue weighted by atomic mass is 9.67. The van der Waals surface area contributed by atoms with Crippen LogP contribution in [0.25, 0.3) is 0 Å². The first kappa shape index (κ1) is 37.4. The van der Waals surface area contributed by atoms with Gasteiger partial charge in [0, 0.05) is 33.3 Å². The second-order valence-corrected chi connectivity index (χ2v) is 14.9. The number of carboxylic acids is 2. The van der Waals surface area contributed by atoms with Gasteiger partial charge in [-0.25, -0.2) is 0 Å². The van der Waals surface area contributed by atoms with Crippen LogP contribution in [0.3, 0.4) is 0 Å². The third-order valence-corrected chi connectivity index (χ3v) is 9.24. The van der Waals surface area contributed by atoms with E-state index in [0.29, 0.717) is 31.2 Å². The summed E-state index contributed by atoms with van der Waals surface area (Å²) >= 11 is 0. The van der Waals surface area contributed by atoms with Gasteiger partial charge in [-0.3, -0.25) is 19.3 Å². The monoisotopic (exact) mass is 646 g/mol. The van der Waals surface area contributed by atoms with E-state index in [4.69, 9.17) is 19.1 Å². The second kappa shape index (κ2) is 14.0. The van der Waals surface area contributed by atoms with Gasteiger partial charge in [-0.05, 0) is 104 Å². The van der Waals surface area contributed by atoms with Crippen molar-refractivity contribution in [3.63, 3.8) is 0 Å². The van der Waals surface area contributed by atoms with Crippen LogP contribution in [-0.4, -0.2) is 83.6 Å². The summed E-state index contributed by atoms with van der Waals surface area (Å²) in [6, 6.07) is 3.05. The maximum absolute atomic E-state index is 13.1. The summed E-state index contributed by atoms with van der Waals surface area (Å²) in [6.07, 6.45) is 1.92. The first-order valence-electron chi connectivity index (χ1n) is 15.8. The van der Waals surface area contributed by atoms with Gasteiger partial charge in [0.05, 0.1) is 52.2 Å². The molecule has 0 radical (unpaired) electrons. The molecule has 0 bridgehead atoms. The van der Waals surface area contributed by atoms with Crippen LogP contribution in [0.1, 0.15) is 138 Å². The topological polar surface area (TPSA) is 158 Å². The number of hydrogen-bond donors (Lipinski definition) is 0. The lowest BCUT2D eigenvalue weighted by Crippen LogP contribution is -2.60. The minimum absolute atomic E-state index is 0.0656. The van der Waals surface area contributed by atoms with Crippen LogP contribution in [0.5, 0.6) is 0 Å². The van der Waals surface area contributed by atoms with Crippen molar-refractivity contribution in [2.75, 3.05) is 27.4 Å². The molecule has 3 rings (SSSR count). The van der Waals surface area contributed by atoms with Crippen molar-refractivity contribution < 1.29 is 48.5 Å². The number of hydroxylamine groups is 4. The average Bonchev–Trinajstić information content (AvgIpc) is 2.93. The minimum atomic E-state index is -1.45. The van der Waals surface area contributed by atoms with Crippen molar-refractivity contribution in [1.82, 2.24) is 10.1 Å². The first-order valence-corrected chi connectivity index (χ1v) is 15.8. The fraction of sp³-hybridized carbons (Fsp3) is 0.706. The number of ether oxygens (including phenoxy) is 2. The van der Waals surface area contributed by atoms with E-state index >= 15 is 0 Å². The molecule has 0 atom stereocenters. The van der Waals surface area contributed by atoms with Crippen LogP contribution < -0.4 is 10.2 Å². The van der Waals surface area contributed by atoms with Gasteiger partial charge in [0.1, 0.15) is 0 Å². The van der Waals surface area contributed by atoms with E-state index in [1.807, 2.05) is 65.5 Å². The number of piperidine rings is 2. The Bertz CT molecular complexity index is 1280. The summed E-state index contributed by atoms with van der Waals surface area (Å²) in [7, 11) is 2.63. The molecule has 2 aliphatic heterocycles. The molecule has 12 heteroatoms. The van der Waals surface area contributed by atoms with Crippen LogP contribution >= 0.6 is 0 Å². The molecule has 2 fully saturated rings. The quantitative estimate of drug-likeness (QED) is 0.306. The molecule has 0 spiro atoms. The number of aromatic carboxylic acids is 2. The molecule has 0 N–H and O–H groups in total. The SMILES string of the molecule is COC(=O)CCON1C(C)(C)CC(c2ccc(C(=O)[O-])c(C3CC(C)(C)N(OCCC(=O)OC)C(C)(C)C3)c2C(=O)[O-])CC1(C)C. The van der Waals surface area contributed by atoms with Crippen molar-refractivity contribution in [3.8, 4) is 0 Å². The Morgan fingerprint density at radius 2 is 1.07 bits per heavy atom. The molecule has 0 aliphatic carbocycles. The molecule has 1 aromatic rings. The largest absolute Gasteiger partial charge is 0.545 e. The van der Waals surface area contributed by atoms with Crippen molar-refractivity contribution in [1.29, 1.82) is 0 Å². The smallest absolute Gasteiger partial charge is 0.307 e. The summed E-state index contributed by atoms with van der Waals surface area (Å²) in [5, 5.41) is 29.3. The van der Waals surface area contributed by atoms with Gasteiger partial charge in [0.15, 0.2) is 0 Å². The van der Waals surface area contributed by atoms with E-state index in [1.54, 1.807) is 6.07 Å². The molecule has 0 unspecified atom stereocenters. The van der Waals surface area contributed by atoms with Crippen LogP contribution in [0.15, 0.2) is 12.1 Å². The molecular formula is C34H50N2O10-2. The Kier molecular flexibility index (Phi) is 11.4. The van der Waals surface area contributed by atoms with Crippen LogP contribution in [0, 0.1) is 0 Å². The molecule has 1 aromatic carbocycles. The van der Waals surface area contributed by atoms with Crippen molar-refractivity contribution >= 4 is 23.9 Å². The molecule has 46 heavy (non-hydrogen) atoms. The number of benzene rings is 1. The molecule has 0 amide bonds. The van der Waals surface area contributed by atoms with Crippen molar-refractivity contribution in [3.05, 3.63) is 34.4 Å². The number of carboxylic acid groups (broad SMARTS) is 2. The third-order valence-electron chi connectivity index (χ3n) is 9.24. The van der Waals surface area contributed by atoms with Crippen LogP contribution in [0.2, 0.25) is 0 Å². The molecule has 2 heterocycles. The highest BCUT2D eigenvalue weighted by Crippen LogP contribution is 2.51. The van der Waals surface area contributed by atoms with Gasteiger partial charge >= 0.3 is 11.9 Å². The highest BCUT2D eigenvalue weighted by atomic mass is 16.7. The van der Waals surface area contributed by atoms with Crippen LogP contribution in [0.4, 0.5) is 0 Å². The molecule has 2 saturated heterocycles. The summed E-state index contributed by atoms with van der Waals surface area (Å²) in [5.74, 6) is -4.41. The molecule has 0 saturated carbocycles. The fourth-order valence-corrected chi connectivity index (χ4v) is 8.10. The lowest BCUT2D eigenvalue weighted by Gasteiger charge is -2.55. The van der Waals surface area contributed by atoms with E-state index in [-0.39, 0.29) is 54.6 Å². The normalized spacial score (nSPS) is 21.4. The van der Waals surface area contributed by atoms with Gasteiger partial charge in [0.25, 0.3) is 0 Å². The van der Waals surface area contributed by atoms with Crippen molar-refractivity contribution in [2.24, 2.45) is 0 Å². The number of esters is 2. The molecule has 2 aliphatic rings. The third kappa shape index (κ3) is 8.07. The van der Waals surface area contributed by atoms with Gasteiger partial charge in [-0.2, -0.15) is 10.1 Å². The summed E-state index contributed by atoms with van der Waals surface area (Å²) in [5.41, 5.74) is -2.02. The number of nitrogens with zero attached hydrogens (tertiary/aromatic N) is 2. The second-order valence-electron chi connectivity index (χ2n) is 14.9. The zero-order valence-electron chi connectivity index (χ0n) is 28.9.